The van der Waals surface area contributed by atoms with Crippen molar-refractivity contribution in [3.8, 4) is 5.75 Å². The maximum atomic E-state index is 5.20. The number of methoxy groups -OCH3 is 1. The lowest BCUT2D eigenvalue weighted by molar-refractivity contribution is 0.177. The fourth-order valence-electron chi connectivity index (χ4n) is 2.92. The van der Waals surface area contributed by atoms with Crippen molar-refractivity contribution in [3.63, 3.8) is 0 Å². The third-order valence-electron chi connectivity index (χ3n) is 4.19. The number of ether oxygens (including phenoxy) is 1. The standard InChI is InChI=1S/C15H23N3O/c1-19-15-5-3-13(4-6-15)18-11-14(12-18)17-9-2-7-16-8-10-17/h3-6,14,16H,2,7-12H2,1H3. The van der Waals surface area contributed by atoms with Crippen molar-refractivity contribution in [2.75, 3.05) is 51.3 Å². The van der Waals surface area contributed by atoms with Gasteiger partial charge in [-0.1, -0.05) is 0 Å². The molecule has 2 fully saturated rings. The Morgan fingerprint density at radius 3 is 2.63 bits per heavy atom. The Morgan fingerprint density at radius 1 is 1.11 bits per heavy atom. The summed E-state index contributed by atoms with van der Waals surface area (Å²) in [6.07, 6.45) is 1.28. The predicted molar refractivity (Wildman–Crippen MR) is 78.1 cm³/mol. The smallest absolute Gasteiger partial charge is 0.119 e. The second-order valence-corrected chi connectivity index (χ2v) is 5.40. The monoisotopic (exact) mass is 261 g/mol. The SMILES string of the molecule is COc1ccc(N2CC(N3CCCNCC3)C2)cc1. The van der Waals surface area contributed by atoms with Gasteiger partial charge in [-0.2, -0.15) is 0 Å². The Morgan fingerprint density at radius 2 is 1.89 bits per heavy atom. The number of anilines is 1. The summed E-state index contributed by atoms with van der Waals surface area (Å²) in [5.41, 5.74) is 1.31. The van der Waals surface area contributed by atoms with Crippen molar-refractivity contribution in [2.24, 2.45) is 0 Å². The molecule has 1 aromatic rings. The first-order valence-corrected chi connectivity index (χ1v) is 7.20. The van der Waals surface area contributed by atoms with Gasteiger partial charge in [0.25, 0.3) is 0 Å². The van der Waals surface area contributed by atoms with Crippen molar-refractivity contribution in [1.29, 1.82) is 0 Å². The number of rotatable bonds is 3. The van der Waals surface area contributed by atoms with E-state index in [-0.39, 0.29) is 0 Å². The molecule has 0 amide bonds. The van der Waals surface area contributed by atoms with Crippen LogP contribution < -0.4 is 15.0 Å². The van der Waals surface area contributed by atoms with Crippen LogP contribution in [0.4, 0.5) is 5.69 Å². The molecule has 0 atom stereocenters. The van der Waals surface area contributed by atoms with Gasteiger partial charge in [-0.3, -0.25) is 4.90 Å². The molecule has 0 aromatic heterocycles. The van der Waals surface area contributed by atoms with Gasteiger partial charge in [0.15, 0.2) is 0 Å². The molecule has 4 heteroatoms. The Hall–Kier alpha value is -1.26. The topological polar surface area (TPSA) is 27.7 Å². The average Bonchev–Trinajstić information content (AvgIpc) is 2.67. The highest BCUT2D eigenvalue weighted by Crippen LogP contribution is 2.25. The van der Waals surface area contributed by atoms with Crippen LogP contribution in [-0.2, 0) is 0 Å². The van der Waals surface area contributed by atoms with Crippen LogP contribution in [0.5, 0.6) is 5.75 Å². The minimum Gasteiger partial charge on any atom is -0.497 e. The van der Waals surface area contributed by atoms with Gasteiger partial charge in [0.1, 0.15) is 5.75 Å². The highest BCUT2D eigenvalue weighted by atomic mass is 16.5. The van der Waals surface area contributed by atoms with E-state index in [1.165, 1.54) is 31.7 Å². The molecule has 0 spiro atoms. The zero-order chi connectivity index (χ0) is 13.1. The van der Waals surface area contributed by atoms with Crippen molar-refractivity contribution in [2.45, 2.75) is 12.5 Å². The van der Waals surface area contributed by atoms with E-state index in [1.54, 1.807) is 7.11 Å². The molecular weight excluding hydrogens is 238 g/mol. The van der Waals surface area contributed by atoms with Gasteiger partial charge in [0.05, 0.1) is 7.11 Å². The summed E-state index contributed by atoms with van der Waals surface area (Å²) in [6.45, 7) is 7.07. The molecule has 3 rings (SSSR count). The Bertz CT molecular complexity index is 392. The van der Waals surface area contributed by atoms with Crippen LogP contribution in [0.15, 0.2) is 24.3 Å². The molecule has 2 aliphatic rings. The highest BCUT2D eigenvalue weighted by molar-refractivity contribution is 5.51. The minimum atomic E-state index is 0.738. The lowest BCUT2D eigenvalue weighted by Gasteiger charge is -2.46. The zero-order valence-electron chi connectivity index (χ0n) is 11.6. The van der Waals surface area contributed by atoms with Gasteiger partial charge in [0, 0.05) is 37.9 Å². The van der Waals surface area contributed by atoms with Crippen molar-refractivity contribution >= 4 is 5.69 Å². The van der Waals surface area contributed by atoms with Crippen molar-refractivity contribution in [1.82, 2.24) is 10.2 Å². The lowest BCUT2D eigenvalue weighted by atomic mass is 10.1. The van der Waals surface area contributed by atoms with Crippen LogP contribution in [0, 0.1) is 0 Å². The summed E-state index contributed by atoms with van der Waals surface area (Å²) in [4.78, 5) is 5.09. The molecule has 2 saturated heterocycles. The van der Waals surface area contributed by atoms with Gasteiger partial charge in [-0.15, -0.1) is 0 Å². The van der Waals surface area contributed by atoms with Crippen LogP contribution in [0.3, 0.4) is 0 Å². The summed E-state index contributed by atoms with van der Waals surface area (Å²) < 4.78 is 5.20. The second kappa shape index (κ2) is 5.80. The highest BCUT2D eigenvalue weighted by Gasteiger charge is 2.31. The number of hydrogen-bond acceptors (Lipinski definition) is 4. The van der Waals surface area contributed by atoms with E-state index in [4.69, 9.17) is 4.74 Å². The summed E-state index contributed by atoms with van der Waals surface area (Å²) in [7, 11) is 1.71. The Balaban J connectivity index is 1.53. The van der Waals surface area contributed by atoms with Crippen LogP contribution in [-0.4, -0.2) is 57.3 Å². The normalized spacial score (nSPS) is 21.8. The average molecular weight is 261 g/mol. The fraction of sp³-hybridized carbons (Fsp3) is 0.600. The molecule has 0 saturated carbocycles. The molecule has 1 N–H and O–H groups in total. The number of benzene rings is 1. The second-order valence-electron chi connectivity index (χ2n) is 5.40. The Kier molecular flexibility index (Phi) is 3.89. The minimum absolute atomic E-state index is 0.738. The van der Waals surface area contributed by atoms with E-state index in [9.17, 15) is 0 Å². The van der Waals surface area contributed by atoms with Crippen LogP contribution in [0.1, 0.15) is 6.42 Å². The molecule has 2 aliphatic heterocycles. The third-order valence-corrected chi connectivity index (χ3v) is 4.19. The summed E-state index contributed by atoms with van der Waals surface area (Å²) in [5, 5.41) is 3.47. The molecule has 104 valence electrons. The van der Waals surface area contributed by atoms with Gasteiger partial charge in [-0.25, -0.2) is 0 Å². The van der Waals surface area contributed by atoms with Crippen molar-refractivity contribution in [3.05, 3.63) is 24.3 Å². The molecule has 0 radical (unpaired) electrons. The molecule has 2 heterocycles. The van der Waals surface area contributed by atoms with E-state index in [1.807, 2.05) is 12.1 Å². The van der Waals surface area contributed by atoms with E-state index in [0.29, 0.717) is 0 Å². The lowest BCUT2D eigenvalue weighted by Crippen LogP contribution is -2.60. The fourth-order valence-corrected chi connectivity index (χ4v) is 2.92. The van der Waals surface area contributed by atoms with Crippen LogP contribution in [0.25, 0.3) is 0 Å². The molecule has 4 nitrogen and oxygen atoms in total. The first-order valence-electron chi connectivity index (χ1n) is 7.20. The van der Waals surface area contributed by atoms with E-state index < -0.39 is 0 Å². The zero-order valence-corrected chi connectivity index (χ0v) is 11.6. The number of nitrogens with one attached hydrogen (secondary N) is 1. The van der Waals surface area contributed by atoms with Gasteiger partial charge in [0.2, 0.25) is 0 Å². The third kappa shape index (κ3) is 2.85. The summed E-state index contributed by atoms with van der Waals surface area (Å²) in [5.74, 6) is 0.930. The quantitative estimate of drug-likeness (QED) is 0.884. The maximum Gasteiger partial charge on any atom is 0.119 e. The van der Waals surface area contributed by atoms with Gasteiger partial charge in [-0.05, 0) is 43.8 Å². The van der Waals surface area contributed by atoms with Crippen LogP contribution in [0.2, 0.25) is 0 Å². The first kappa shape index (κ1) is 12.8. The van der Waals surface area contributed by atoms with E-state index in [0.717, 1.165) is 31.4 Å². The predicted octanol–water partition coefficient (Wildman–Crippen LogP) is 1.18. The van der Waals surface area contributed by atoms with E-state index >= 15 is 0 Å². The largest absolute Gasteiger partial charge is 0.497 e. The molecular formula is C15H23N3O. The molecule has 0 bridgehead atoms. The molecule has 1 aromatic carbocycles. The number of hydrogen-bond donors (Lipinski definition) is 1. The first-order chi connectivity index (χ1) is 9.36. The molecule has 0 unspecified atom stereocenters. The molecule has 0 aliphatic carbocycles. The van der Waals surface area contributed by atoms with Crippen LogP contribution >= 0.6 is 0 Å². The summed E-state index contributed by atoms with van der Waals surface area (Å²) in [6, 6.07) is 9.12. The van der Waals surface area contributed by atoms with Gasteiger partial charge < -0.3 is 15.0 Å². The van der Waals surface area contributed by atoms with E-state index in [2.05, 4.69) is 27.2 Å². The molecule has 19 heavy (non-hydrogen) atoms. The summed E-state index contributed by atoms with van der Waals surface area (Å²) >= 11 is 0. The maximum absolute atomic E-state index is 5.20. The van der Waals surface area contributed by atoms with Crippen molar-refractivity contribution < 1.29 is 4.74 Å². The van der Waals surface area contributed by atoms with Gasteiger partial charge >= 0.3 is 0 Å². The Labute approximate surface area is 115 Å². The number of nitrogens with zero attached hydrogens (tertiary/aromatic N) is 2.